The number of rotatable bonds is 9. The minimum Gasteiger partial charge on any atom is -0.457 e. The zero-order valence-corrected chi connectivity index (χ0v) is 37.3. The molecule has 332 valence electrons. The van der Waals surface area contributed by atoms with Crippen molar-refractivity contribution in [2.45, 2.75) is 129 Å². The predicted molar refractivity (Wildman–Crippen MR) is 219 cm³/mol. The van der Waals surface area contributed by atoms with Crippen LogP contribution in [0, 0.1) is 28.6 Å². The quantitative estimate of drug-likeness (QED) is 0.154. The molecule has 1 aromatic carbocycles. The summed E-state index contributed by atoms with van der Waals surface area (Å²) in [5.74, 6) is -6.17. The van der Waals surface area contributed by atoms with E-state index in [0.717, 1.165) is 7.11 Å². The van der Waals surface area contributed by atoms with E-state index >= 15 is 4.79 Å². The van der Waals surface area contributed by atoms with Crippen LogP contribution in [0.25, 0.3) is 0 Å². The first-order chi connectivity index (χ1) is 28.4. The Balaban J connectivity index is 1.52. The number of benzene rings is 1. The summed E-state index contributed by atoms with van der Waals surface area (Å²) in [4.78, 5) is 84.1. The Morgan fingerprint density at radius 1 is 1.00 bits per heavy atom. The van der Waals surface area contributed by atoms with Gasteiger partial charge in [-0.25, -0.2) is 14.4 Å². The molecule has 15 nitrogen and oxygen atoms in total. The Bertz CT molecular complexity index is 2080. The molecule has 61 heavy (non-hydrogen) atoms. The van der Waals surface area contributed by atoms with Gasteiger partial charge in [0.2, 0.25) is 0 Å². The number of esters is 3. The molecule has 0 radical (unpaired) electrons. The maximum Gasteiger partial charge on any atom is 0.508 e. The lowest BCUT2D eigenvalue weighted by molar-refractivity contribution is -0.345. The number of carbonyl (C=O) groups excluding carboxylic acids is 6. The highest BCUT2D eigenvalue weighted by Crippen LogP contribution is 2.65. The van der Waals surface area contributed by atoms with Crippen LogP contribution >= 0.6 is 11.3 Å². The van der Waals surface area contributed by atoms with Gasteiger partial charge in [-0.2, -0.15) is 0 Å². The van der Waals surface area contributed by atoms with Gasteiger partial charge in [0.25, 0.3) is 0 Å². The SMILES string of the molecule is COC(=O)O[C@H]1C[C@H]2OC[C@@]2(OC(C)=O)C2[C@H](OC(=O)c3ccccc3)[C@]3(O)C[C@H](OC(=O)[C@H](C)[C@@H](NC(=O)OC(C)(C)C)c4cccs4)C(C)=C([C@@H](C)C(=O)[C@@]21C)C3(C)C. The standard InChI is InChI=1S/C45H57NO14S/c1-23-28(56-37(49)25(3)33(29-18-15-19-61-29)46-39(51)60-41(5,6)7)21-45(53)36(58-38(50)27-16-13-12-14-17-27)34-43(10,35(48)24(2)32(23)42(45,8)9)30(57-40(52)54-11)20-31-44(34,22-55-31)59-26(4)47/h12-19,24-25,28,30-31,33-34,36,53H,20-22H2,1-11H3,(H,46,51)/t24-,25-,28+,30+,31-,33-,34?,36+,43-,44+,45-/m1/s1. The third kappa shape index (κ3) is 7.95. The molecule has 1 amide bonds. The minimum atomic E-state index is -2.18. The first kappa shape index (κ1) is 45.7. The lowest BCUT2D eigenvalue weighted by Gasteiger charge is -2.67. The second-order valence-corrected chi connectivity index (χ2v) is 19.4. The molecule has 3 fully saturated rings. The van der Waals surface area contributed by atoms with Crippen LogP contribution in [0.4, 0.5) is 9.59 Å². The van der Waals surface area contributed by atoms with E-state index in [1.807, 2.05) is 5.38 Å². The van der Waals surface area contributed by atoms with Crippen molar-refractivity contribution >= 4 is 47.3 Å². The van der Waals surface area contributed by atoms with E-state index in [-0.39, 0.29) is 25.0 Å². The largest absolute Gasteiger partial charge is 0.508 e. The first-order valence-electron chi connectivity index (χ1n) is 20.5. The molecule has 3 aliphatic carbocycles. The van der Waals surface area contributed by atoms with Gasteiger partial charge in [0.05, 0.1) is 42.6 Å². The van der Waals surface area contributed by atoms with Crippen molar-refractivity contribution in [2.75, 3.05) is 13.7 Å². The number of carbonyl (C=O) groups is 6. The predicted octanol–water partition coefficient (Wildman–Crippen LogP) is 6.66. The zero-order valence-electron chi connectivity index (χ0n) is 36.5. The van der Waals surface area contributed by atoms with Gasteiger partial charge in [-0.1, -0.05) is 45.0 Å². The molecule has 2 bridgehead atoms. The number of alkyl carbamates (subject to hydrolysis) is 1. The van der Waals surface area contributed by atoms with Crippen molar-refractivity contribution in [1.29, 1.82) is 0 Å². The van der Waals surface area contributed by atoms with E-state index in [9.17, 15) is 29.1 Å². The number of aliphatic hydroxyl groups is 1. The van der Waals surface area contributed by atoms with E-state index in [0.29, 0.717) is 16.0 Å². The van der Waals surface area contributed by atoms with Gasteiger partial charge < -0.3 is 43.6 Å². The van der Waals surface area contributed by atoms with Crippen molar-refractivity contribution in [3.8, 4) is 0 Å². The van der Waals surface area contributed by atoms with Crippen LogP contribution in [-0.4, -0.2) is 96.0 Å². The van der Waals surface area contributed by atoms with Crippen molar-refractivity contribution in [3.63, 3.8) is 0 Å². The zero-order chi connectivity index (χ0) is 45.0. The number of ether oxygens (including phenoxy) is 7. The van der Waals surface area contributed by atoms with E-state index in [4.69, 9.17) is 33.2 Å². The molecule has 2 saturated carbocycles. The van der Waals surface area contributed by atoms with Crippen LogP contribution in [0.15, 0.2) is 59.0 Å². The number of thiophene rings is 1. The number of hydrogen-bond acceptors (Lipinski definition) is 15. The molecule has 2 heterocycles. The van der Waals surface area contributed by atoms with Crippen LogP contribution < -0.4 is 5.32 Å². The van der Waals surface area contributed by atoms with Crippen LogP contribution in [0.2, 0.25) is 0 Å². The molecule has 16 heteroatoms. The summed E-state index contributed by atoms with van der Waals surface area (Å²) in [7, 11) is 1.13. The first-order valence-corrected chi connectivity index (χ1v) is 21.3. The molecule has 0 spiro atoms. The van der Waals surface area contributed by atoms with Crippen molar-refractivity contribution in [1.82, 2.24) is 5.32 Å². The Morgan fingerprint density at radius 3 is 2.23 bits per heavy atom. The fourth-order valence-corrected chi connectivity index (χ4v) is 11.2. The summed E-state index contributed by atoms with van der Waals surface area (Å²) in [6.45, 7) is 16.2. The number of nitrogens with one attached hydrogen (secondary N) is 1. The molecule has 2 aromatic rings. The molecular weight excluding hydrogens is 811 g/mol. The van der Waals surface area contributed by atoms with E-state index in [2.05, 4.69) is 5.32 Å². The van der Waals surface area contributed by atoms with Gasteiger partial charge in [0.1, 0.15) is 41.4 Å². The Morgan fingerprint density at radius 2 is 1.67 bits per heavy atom. The average Bonchev–Trinajstić information content (AvgIpc) is 3.72. The summed E-state index contributed by atoms with van der Waals surface area (Å²) in [6, 6.07) is 10.8. The lowest BCUT2D eigenvalue weighted by Crippen LogP contribution is -2.81. The van der Waals surface area contributed by atoms with Gasteiger partial charge in [-0.15, -0.1) is 11.3 Å². The summed E-state index contributed by atoms with van der Waals surface area (Å²) in [5, 5.41) is 18.4. The Hall–Kier alpha value is -4.80. The van der Waals surface area contributed by atoms with E-state index in [1.54, 1.807) is 92.6 Å². The van der Waals surface area contributed by atoms with Gasteiger partial charge in [-0.3, -0.25) is 14.4 Å². The number of hydrogen-bond donors (Lipinski definition) is 2. The maximum absolute atomic E-state index is 15.6. The normalized spacial score (nSPS) is 32.5. The highest BCUT2D eigenvalue weighted by molar-refractivity contribution is 7.10. The van der Waals surface area contributed by atoms with Crippen molar-refractivity contribution in [2.24, 2.45) is 28.6 Å². The number of ketones is 1. The van der Waals surface area contributed by atoms with Crippen molar-refractivity contribution in [3.05, 3.63) is 69.4 Å². The van der Waals surface area contributed by atoms with Crippen LogP contribution in [-0.2, 0) is 47.5 Å². The molecule has 1 saturated heterocycles. The fourth-order valence-electron chi connectivity index (χ4n) is 10.3. The number of Topliss-reactive ketones (excluding diaryl/α,β-unsaturated/α-hetero) is 1. The Kier molecular flexibility index (Phi) is 12.4. The third-order valence-electron chi connectivity index (χ3n) is 13.2. The summed E-state index contributed by atoms with van der Waals surface area (Å²) >= 11 is 1.33. The van der Waals surface area contributed by atoms with Crippen LogP contribution in [0.1, 0.15) is 103 Å². The van der Waals surface area contributed by atoms with Crippen LogP contribution in [0.3, 0.4) is 0 Å². The van der Waals surface area contributed by atoms with E-state index in [1.165, 1.54) is 30.4 Å². The summed E-state index contributed by atoms with van der Waals surface area (Å²) < 4.78 is 41.3. The smallest absolute Gasteiger partial charge is 0.457 e. The maximum atomic E-state index is 15.6. The third-order valence-corrected chi connectivity index (χ3v) is 14.2. The second kappa shape index (κ2) is 16.5. The summed E-state index contributed by atoms with van der Waals surface area (Å²) in [5.41, 5.74) is -6.80. The molecule has 1 aliphatic heterocycles. The summed E-state index contributed by atoms with van der Waals surface area (Å²) in [6.07, 6.45) is -7.36. The monoisotopic (exact) mass is 867 g/mol. The van der Waals surface area contributed by atoms with Gasteiger partial charge in [-0.05, 0) is 76.3 Å². The number of amides is 1. The highest BCUT2D eigenvalue weighted by Gasteiger charge is 2.78. The van der Waals surface area contributed by atoms with Gasteiger partial charge in [0.15, 0.2) is 5.60 Å². The highest BCUT2D eigenvalue weighted by atomic mass is 32.1. The molecule has 1 aromatic heterocycles. The minimum absolute atomic E-state index is 0.0894. The number of fused-ring (bicyclic) bond motifs is 5. The topological polar surface area (TPSA) is 199 Å². The molecule has 6 rings (SSSR count). The molecule has 11 atom stereocenters. The molecule has 1 unspecified atom stereocenters. The second-order valence-electron chi connectivity index (χ2n) is 18.4. The molecule has 2 N–H and O–H groups in total. The molecule has 4 aliphatic rings. The molecular formula is C45H57NO14S. The van der Waals surface area contributed by atoms with Gasteiger partial charge >= 0.3 is 30.2 Å². The lowest BCUT2D eigenvalue weighted by atomic mass is 9.43. The van der Waals surface area contributed by atoms with Gasteiger partial charge in [0, 0.05) is 36.0 Å². The Labute approximate surface area is 359 Å². The average molecular weight is 868 g/mol. The van der Waals surface area contributed by atoms with Crippen molar-refractivity contribution < 1.29 is 67.0 Å². The van der Waals surface area contributed by atoms with E-state index < -0.39 is 112 Å². The number of methoxy groups -OCH3 is 1. The fraction of sp³-hybridized carbons (Fsp3) is 0.600. The van der Waals surface area contributed by atoms with Crippen LogP contribution in [0.5, 0.6) is 0 Å².